The van der Waals surface area contributed by atoms with Crippen molar-refractivity contribution in [3.8, 4) is 0 Å². The van der Waals surface area contributed by atoms with Crippen molar-refractivity contribution in [2.24, 2.45) is 11.8 Å². The number of ether oxygens (including phenoxy) is 1. The molecule has 1 amide bonds. The lowest BCUT2D eigenvalue weighted by Crippen LogP contribution is -2.39. The lowest BCUT2D eigenvalue weighted by Gasteiger charge is -2.23. The molecule has 0 bridgehead atoms. The highest BCUT2D eigenvalue weighted by Crippen LogP contribution is 2.13. The highest BCUT2D eigenvalue weighted by molar-refractivity contribution is 7.81. The third-order valence-electron chi connectivity index (χ3n) is 2.72. The summed E-state index contributed by atoms with van der Waals surface area (Å²) in [4.78, 5) is 11.6. The highest BCUT2D eigenvalue weighted by Gasteiger charge is 2.19. The number of amides is 1. The molecule has 0 saturated carbocycles. The van der Waals surface area contributed by atoms with Crippen molar-refractivity contribution in [3.05, 3.63) is 0 Å². The van der Waals surface area contributed by atoms with Gasteiger partial charge in [-0.15, -0.1) is 0 Å². The molecule has 1 rings (SSSR count). The molecule has 1 aliphatic rings. The Hall–Kier alpha value is -0.220. The predicted molar refractivity (Wildman–Crippen MR) is 64.2 cm³/mol. The lowest BCUT2D eigenvalue weighted by atomic mass is 10.0. The second-order valence-electron chi connectivity index (χ2n) is 4.52. The fourth-order valence-electron chi connectivity index (χ4n) is 1.62. The highest BCUT2D eigenvalue weighted by atomic mass is 32.1. The van der Waals surface area contributed by atoms with Crippen molar-refractivity contribution in [1.29, 1.82) is 0 Å². The molecule has 88 valence electrons. The van der Waals surface area contributed by atoms with Crippen LogP contribution in [0.2, 0.25) is 0 Å². The number of thiol groups is 1. The number of hydrogen-bond donors (Lipinski definition) is 2. The van der Waals surface area contributed by atoms with Gasteiger partial charge in [0, 0.05) is 13.2 Å². The molecule has 1 aliphatic heterocycles. The van der Waals surface area contributed by atoms with E-state index in [9.17, 15) is 4.79 Å². The molecule has 1 saturated heterocycles. The van der Waals surface area contributed by atoms with Crippen LogP contribution in [0.5, 0.6) is 0 Å². The Morgan fingerprint density at radius 2 is 2.33 bits per heavy atom. The zero-order chi connectivity index (χ0) is 11.3. The quantitative estimate of drug-likeness (QED) is 0.719. The minimum Gasteiger partial charge on any atom is -0.381 e. The van der Waals surface area contributed by atoms with E-state index in [1.165, 1.54) is 0 Å². The van der Waals surface area contributed by atoms with Gasteiger partial charge in [0.1, 0.15) is 0 Å². The molecule has 0 radical (unpaired) electrons. The number of hydrogen-bond acceptors (Lipinski definition) is 3. The third kappa shape index (κ3) is 4.43. The number of nitrogens with one attached hydrogen (secondary N) is 1. The first-order valence-electron chi connectivity index (χ1n) is 5.64. The van der Waals surface area contributed by atoms with Gasteiger partial charge in [0.15, 0.2) is 0 Å². The largest absolute Gasteiger partial charge is 0.381 e. The maximum atomic E-state index is 11.6. The van der Waals surface area contributed by atoms with Gasteiger partial charge in [-0.2, -0.15) is 12.6 Å². The Morgan fingerprint density at radius 3 is 2.87 bits per heavy atom. The van der Waals surface area contributed by atoms with Crippen molar-refractivity contribution in [3.63, 3.8) is 0 Å². The topological polar surface area (TPSA) is 38.3 Å². The average molecular weight is 231 g/mol. The Labute approximate surface area is 97.4 Å². The van der Waals surface area contributed by atoms with Gasteiger partial charge in [-0.05, 0) is 24.7 Å². The van der Waals surface area contributed by atoms with Crippen molar-refractivity contribution < 1.29 is 9.53 Å². The van der Waals surface area contributed by atoms with Gasteiger partial charge in [0.2, 0.25) is 5.91 Å². The van der Waals surface area contributed by atoms with Crippen LogP contribution < -0.4 is 5.32 Å². The summed E-state index contributed by atoms with van der Waals surface area (Å²) in [6.07, 6.45) is 2.26. The van der Waals surface area contributed by atoms with E-state index < -0.39 is 0 Å². The minimum absolute atomic E-state index is 0.0407. The minimum atomic E-state index is -0.200. The molecular weight excluding hydrogens is 210 g/mol. The van der Waals surface area contributed by atoms with E-state index in [4.69, 9.17) is 4.74 Å². The number of rotatable bonds is 4. The molecule has 0 spiro atoms. The molecular formula is C11H21NO2S. The fraction of sp³-hybridized carbons (Fsp3) is 0.909. The molecule has 3 nitrogen and oxygen atoms in total. The predicted octanol–water partition coefficient (Wildman–Crippen LogP) is 1.48. The molecule has 4 heteroatoms. The van der Waals surface area contributed by atoms with Crippen LogP contribution in [-0.4, -0.2) is 30.9 Å². The summed E-state index contributed by atoms with van der Waals surface area (Å²) in [5.41, 5.74) is 0. The summed E-state index contributed by atoms with van der Waals surface area (Å²) >= 11 is 4.27. The van der Waals surface area contributed by atoms with E-state index >= 15 is 0 Å². The average Bonchev–Trinajstić information content (AvgIpc) is 2.26. The second-order valence-corrected chi connectivity index (χ2v) is 5.07. The van der Waals surface area contributed by atoms with Gasteiger partial charge >= 0.3 is 0 Å². The van der Waals surface area contributed by atoms with E-state index in [-0.39, 0.29) is 17.1 Å². The zero-order valence-corrected chi connectivity index (χ0v) is 10.4. The maximum Gasteiger partial charge on any atom is 0.233 e. The first-order valence-corrected chi connectivity index (χ1v) is 6.16. The van der Waals surface area contributed by atoms with Crippen LogP contribution >= 0.6 is 12.6 Å². The third-order valence-corrected chi connectivity index (χ3v) is 3.55. The van der Waals surface area contributed by atoms with Crippen LogP contribution in [0.15, 0.2) is 0 Å². The van der Waals surface area contributed by atoms with Crippen molar-refractivity contribution in [2.45, 2.75) is 31.9 Å². The molecule has 1 fully saturated rings. The van der Waals surface area contributed by atoms with Gasteiger partial charge in [0.25, 0.3) is 0 Å². The Morgan fingerprint density at radius 1 is 1.60 bits per heavy atom. The maximum absolute atomic E-state index is 11.6. The molecule has 0 aliphatic carbocycles. The first-order chi connectivity index (χ1) is 7.11. The van der Waals surface area contributed by atoms with Crippen LogP contribution in [0.4, 0.5) is 0 Å². The van der Waals surface area contributed by atoms with E-state index in [1.807, 2.05) is 13.8 Å². The Bertz CT molecular complexity index is 203. The van der Waals surface area contributed by atoms with E-state index in [0.717, 1.165) is 32.6 Å². The number of carbonyl (C=O) groups is 1. The standard InChI is InChI=1S/C11H21NO2S/c1-8(2)10(15)11(13)12-6-9-4-3-5-14-7-9/h8-10,15H,3-7H2,1-2H3,(H,12,13). The smallest absolute Gasteiger partial charge is 0.233 e. The normalized spacial score (nSPS) is 23.9. The van der Waals surface area contributed by atoms with Crippen molar-refractivity contribution in [2.75, 3.05) is 19.8 Å². The summed E-state index contributed by atoms with van der Waals surface area (Å²) in [7, 11) is 0. The van der Waals surface area contributed by atoms with Crippen molar-refractivity contribution >= 4 is 18.5 Å². The van der Waals surface area contributed by atoms with Crippen LogP contribution in [0.25, 0.3) is 0 Å². The van der Waals surface area contributed by atoms with Crippen LogP contribution in [-0.2, 0) is 9.53 Å². The van der Waals surface area contributed by atoms with Gasteiger partial charge < -0.3 is 10.1 Å². The lowest BCUT2D eigenvalue weighted by molar-refractivity contribution is -0.121. The fourth-order valence-corrected chi connectivity index (χ4v) is 1.71. The van der Waals surface area contributed by atoms with E-state index in [0.29, 0.717) is 5.92 Å². The zero-order valence-electron chi connectivity index (χ0n) is 9.53. The molecule has 1 heterocycles. The Kier molecular flexibility index (Phi) is 5.47. The molecule has 2 atom stereocenters. The molecule has 1 N–H and O–H groups in total. The van der Waals surface area contributed by atoms with E-state index in [2.05, 4.69) is 17.9 Å². The molecule has 2 unspecified atom stereocenters. The van der Waals surface area contributed by atoms with Gasteiger partial charge in [0.05, 0.1) is 11.9 Å². The second kappa shape index (κ2) is 6.38. The van der Waals surface area contributed by atoms with Crippen LogP contribution in [0, 0.1) is 11.8 Å². The summed E-state index contributed by atoms with van der Waals surface area (Å²) in [6.45, 7) is 6.37. The summed E-state index contributed by atoms with van der Waals surface area (Å²) in [5.74, 6) is 0.797. The van der Waals surface area contributed by atoms with Gasteiger partial charge in [-0.1, -0.05) is 13.8 Å². The SMILES string of the molecule is CC(C)C(S)C(=O)NCC1CCCOC1. The first kappa shape index (κ1) is 12.8. The molecule has 0 aromatic rings. The summed E-state index contributed by atoms with van der Waals surface area (Å²) < 4.78 is 5.35. The van der Waals surface area contributed by atoms with E-state index in [1.54, 1.807) is 0 Å². The van der Waals surface area contributed by atoms with Crippen molar-refractivity contribution in [1.82, 2.24) is 5.32 Å². The Balaban J connectivity index is 2.20. The number of carbonyl (C=O) groups excluding carboxylic acids is 1. The molecule has 0 aromatic carbocycles. The van der Waals surface area contributed by atoms with Crippen LogP contribution in [0.1, 0.15) is 26.7 Å². The molecule has 0 aromatic heterocycles. The van der Waals surface area contributed by atoms with Gasteiger partial charge in [-0.25, -0.2) is 0 Å². The van der Waals surface area contributed by atoms with Crippen LogP contribution in [0.3, 0.4) is 0 Å². The summed E-state index contributed by atoms with van der Waals surface area (Å²) in [5, 5.41) is 2.74. The monoisotopic (exact) mass is 231 g/mol. The summed E-state index contributed by atoms with van der Waals surface area (Å²) in [6, 6.07) is 0. The van der Waals surface area contributed by atoms with Gasteiger partial charge in [-0.3, -0.25) is 4.79 Å². The molecule has 15 heavy (non-hydrogen) atoms.